The van der Waals surface area contributed by atoms with Crippen molar-refractivity contribution >= 4 is 17.3 Å². The lowest BCUT2D eigenvalue weighted by molar-refractivity contribution is 0.430. The Labute approximate surface area is 102 Å². The summed E-state index contributed by atoms with van der Waals surface area (Å²) in [4.78, 5) is 2.52. The molecule has 1 N–H and O–H groups in total. The lowest BCUT2D eigenvalue weighted by Gasteiger charge is -2.39. The monoisotopic (exact) mass is 236 g/mol. The smallest absolute Gasteiger partial charge is 0.0671 e. The van der Waals surface area contributed by atoms with Gasteiger partial charge in [-0.05, 0) is 31.4 Å². The van der Waals surface area contributed by atoms with E-state index in [4.69, 9.17) is 11.6 Å². The minimum atomic E-state index is 0.541. The highest BCUT2D eigenvalue weighted by Gasteiger charge is 2.36. The first-order valence-corrected chi connectivity index (χ1v) is 6.33. The molecule has 1 aromatic rings. The molecule has 0 bridgehead atoms. The van der Waals surface area contributed by atoms with Gasteiger partial charge in [-0.3, -0.25) is 0 Å². The van der Waals surface area contributed by atoms with Gasteiger partial charge in [0.25, 0.3) is 0 Å². The van der Waals surface area contributed by atoms with Gasteiger partial charge in [0.1, 0.15) is 0 Å². The normalized spacial score (nSPS) is 27.8. The molecule has 1 saturated heterocycles. The second-order valence-corrected chi connectivity index (χ2v) is 5.35. The fraction of sp³-hybridized carbons (Fsp3) is 0.538. The average Bonchev–Trinajstić information content (AvgIpc) is 2.64. The van der Waals surface area contributed by atoms with Crippen LogP contribution in [-0.4, -0.2) is 25.2 Å². The summed E-state index contributed by atoms with van der Waals surface area (Å²) in [5.41, 5.74) is 3.89. The van der Waals surface area contributed by atoms with Crippen LogP contribution < -0.4 is 10.2 Å². The zero-order valence-corrected chi connectivity index (χ0v) is 10.5. The molecular weight excluding hydrogens is 220 g/mol. The molecule has 3 heteroatoms. The molecule has 2 aliphatic rings. The molecule has 16 heavy (non-hydrogen) atoms. The molecule has 0 spiro atoms. The van der Waals surface area contributed by atoms with Gasteiger partial charge in [-0.1, -0.05) is 23.7 Å². The van der Waals surface area contributed by atoms with Gasteiger partial charge in [-0.25, -0.2) is 0 Å². The number of benzene rings is 1. The Balaban J connectivity index is 2.11. The number of rotatable bonds is 0. The van der Waals surface area contributed by atoms with Crippen LogP contribution in [0, 0.1) is 6.92 Å². The SMILES string of the molecule is Cc1ccc2c(c1Cl)N1C(C)CNCC1C2. The van der Waals surface area contributed by atoms with E-state index < -0.39 is 0 Å². The van der Waals surface area contributed by atoms with Crippen molar-refractivity contribution in [2.24, 2.45) is 0 Å². The molecule has 0 aliphatic carbocycles. The van der Waals surface area contributed by atoms with Gasteiger partial charge in [0.05, 0.1) is 10.7 Å². The largest absolute Gasteiger partial charge is 0.362 e. The number of halogens is 1. The third-order valence-electron chi connectivity index (χ3n) is 3.79. The van der Waals surface area contributed by atoms with E-state index in [0.717, 1.165) is 24.5 Å². The molecule has 2 aliphatic heterocycles. The van der Waals surface area contributed by atoms with Crippen LogP contribution in [0.25, 0.3) is 0 Å². The summed E-state index contributed by atoms with van der Waals surface area (Å²) in [6.45, 7) is 6.49. The predicted molar refractivity (Wildman–Crippen MR) is 68.5 cm³/mol. The summed E-state index contributed by atoms with van der Waals surface area (Å²) >= 11 is 6.46. The summed E-state index contributed by atoms with van der Waals surface area (Å²) in [7, 11) is 0. The van der Waals surface area contributed by atoms with E-state index in [1.165, 1.54) is 16.8 Å². The number of nitrogens with one attached hydrogen (secondary N) is 1. The lowest BCUT2D eigenvalue weighted by Crippen LogP contribution is -2.54. The Bertz CT molecular complexity index is 430. The van der Waals surface area contributed by atoms with Gasteiger partial charge < -0.3 is 10.2 Å². The molecule has 2 heterocycles. The van der Waals surface area contributed by atoms with Crippen molar-refractivity contribution in [3.05, 3.63) is 28.3 Å². The summed E-state index contributed by atoms with van der Waals surface area (Å²) in [5.74, 6) is 0. The third-order valence-corrected chi connectivity index (χ3v) is 4.27. The van der Waals surface area contributed by atoms with Gasteiger partial charge >= 0.3 is 0 Å². The first-order valence-electron chi connectivity index (χ1n) is 5.95. The van der Waals surface area contributed by atoms with E-state index in [2.05, 4.69) is 36.2 Å². The maximum absolute atomic E-state index is 6.46. The fourth-order valence-corrected chi connectivity index (χ4v) is 3.27. The van der Waals surface area contributed by atoms with Crippen LogP contribution in [-0.2, 0) is 6.42 Å². The molecule has 0 radical (unpaired) electrons. The number of piperazine rings is 1. The van der Waals surface area contributed by atoms with Crippen LogP contribution >= 0.6 is 11.6 Å². The second kappa shape index (κ2) is 3.64. The van der Waals surface area contributed by atoms with Crippen LogP contribution in [0.1, 0.15) is 18.1 Å². The van der Waals surface area contributed by atoms with Crippen LogP contribution in [0.4, 0.5) is 5.69 Å². The molecular formula is C13H17ClN2. The summed E-state index contributed by atoms with van der Waals surface area (Å²) in [5, 5.41) is 4.44. The maximum atomic E-state index is 6.46. The van der Waals surface area contributed by atoms with Crippen molar-refractivity contribution in [2.75, 3.05) is 18.0 Å². The highest BCUT2D eigenvalue weighted by Crippen LogP contribution is 2.41. The lowest BCUT2D eigenvalue weighted by atomic mass is 10.1. The standard InChI is InChI=1S/C13H17ClN2/c1-8-3-4-10-5-11-7-15-6-9(2)16(11)13(10)12(8)14/h3-4,9,11,15H,5-7H2,1-2H3. The summed E-state index contributed by atoms with van der Waals surface area (Å²) < 4.78 is 0. The molecule has 0 saturated carbocycles. The van der Waals surface area contributed by atoms with E-state index in [9.17, 15) is 0 Å². The molecule has 3 rings (SSSR count). The second-order valence-electron chi connectivity index (χ2n) is 4.98. The number of hydrogen-bond donors (Lipinski definition) is 1. The van der Waals surface area contributed by atoms with Gasteiger partial charge in [0, 0.05) is 25.2 Å². The molecule has 2 atom stereocenters. The molecule has 0 aromatic heterocycles. The van der Waals surface area contributed by atoms with Crippen molar-refractivity contribution < 1.29 is 0 Å². The molecule has 86 valence electrons. The van der Waals surface area contributed by atoms with Gasteiger partial charge in [0.2, 0.25) is 0 Å². The van der Waals surface area contributed by atoms with E-state index in [1.807, 2.05) is 0 Å². The number of anilines is 1. The molecule has 1 aromatic carbocycles. The van der Waals surface area contributed by atoms with Crippen molar-refractivity contribution in [3.63, 3.8) is 0 Å². The van der Waals surface area contributed by atoms with E-state index in [0.29, 0.717) is 12.1 Å². The third kappa shape index (κ3) is 1.36. The zero-order chi connectivity index (χ0) is 11.3. The summed E-state index contributed by atoms with van der Waals surface area (Å²) in [6.07, 6.45) is 1.13. The number of fused-ring (bicyclic) bond motifs is 3. The Kier molecular flexibility index (Phi) is 2.37. The fourth-order valence-electron chi connectivity index (χ4n) is 2.99. The van der Waals surface area contributed by atoms with Gasteiger partial charge in [0.15, 0.2) is 0 Å². The van der Waals surface area contributed by atoms with Crippen LogP contribution in [0.15, 0.2) is 12.1 Å². The van der Waals surface area contributed by atoms with Crippen molar-refractivity contribution in [1.29, 1.82) is 0 Å². The van der Waals surface area contributed by atoms with E-state index in [-0.39, 0.29) is 0 Å². The molecule has 2 unspecified atom stereocenters. The van der Waals surface area contributed by atoms with Crippen molar-refractivity contribution in [3.8, 4) is 0 Å². The predicted octanol–water partition coefficient (Wildman–Crippen LogP) is 2.37. The minimum Gasteiger partial charge on any atom is -0.362 e. The maximum Gasteiger partial charge on any atom is 0.0671 e. The van der Waals surface area contributed by atoms with Crippen molar-refractivity contribution in [1.82, 2.24) is 5.32 Å². The van der Waals surface area contributed by atoms with Crippen LogP contribution in [0.3, 0.4) is 0 Å². The van der Waals surface area contributed by atoms with Gasteiger partial charge in [-0.2, -0.15) is 0 Å². The van der Waals surface area contributed by atoms with Crippen molar-refractivity contribution in [2.45, 2.75) is 32.4 Å². The Morgan fingerprint density at radius 3 is 3.00 bits per heavy atom. The van der Waals surface area contributed by atoms with E-state index >= 15 is 0 Å². The minimum absolute atomic E-state index is 0.541. The Morgan fingerprint density at radius 2 is 2.19 bits per heavy atom. The highest BCUT2D eigenvalue weighted by molar-refractivity contribution is 6.34. The molecule has 1 fully saturated rings. The van der Waals surface area contributed by atoms with E-state index in [1.54, 1.807) is 0 Å². The molecule has 0 amide bonds. The van der Waals surface area contributed by atoms with Gasteiger partial charge in [-0.15, -0.1) is 0 Å². The summed E-state index contributed by atoms with van der Waals surface area (Å²) in [6, 6.07) is 5.51. The quantitative estimate of drug-likeness (QED) is 0.744. The van der Waals surface area contributed by atoms with Crippen LogP contribution in [0.2, 0.25) is 5.02 Å². The Morgan fingerprint density at radius 1 is 1.38 bits per heavy atom. The Hall–Kier alpha value is -0.730. The zero-order valence-electron chi connectivity index (χ0n) is 9.76. The number of hydrogen-bond acceptors (Lipinski definition) is 2. The topological polar surface area (TPSA) is 15.3 Å². The highest BCUT2D eigenvalue weighted by atomic mass is 35.5. The number of aryl methyl sites for hydroxylation is 1. The average molecular weight is 237 g/mol. The van der Waals surface area contributed by atoms with Crippen LogP contribution in [0.5, 0.6) is 0 Å². The first-order chi connectivity index (χ1) is 7.68. The molecule has 2 nitrogen and oxygen atoms in total. The number of nitrogens with zero attached hydrogens (tertiary/aromatic N) is 1. The first kappa shape index (κ1) is 10.4.